The standard InChI is InChI=1S/C9H8FNO4/c10-8-3-6(14-4-7-5-15-7)1-2-9(8)11(12)13/h1-3,7H,4-5H2. The number of nitrogens with zero attached hydrogens (tertiary/aromatic N) is 1. The van der Waals surface area contributed by atoms with Gasteiger partial charge in [0.2, 0.25) is 5.82 Å². The number of epoxide rings is 1. The molecule has 1 fully saturated rings. The minimum Gasteiger partial charge on any atom is -0.491 e. The quantitative estimate of drug-likeness (QED) is 0.432. The Morgan fingerprint density at radius 2 is 2.40 bits per heavy atom. The lowest BCUT2D eigenvalue weighted by Gasteiger charge is -2.03. The van der Waals surface area contributed by atoms with Crippen LogP contribution >= 0.6 is 0 Å². The summed E-state index contributed by atoms with van der Waals surface area (Å²) in [4.78, 5) is 9.54. The maximum atomic E-state index is 13.1. The van der Waals surface area contributed by atoms with Gasteiger partial charge >= 0.3 is 5.69 Å². The van der Waals surface area contributed by atoms with E-state index in [0.29, 0.717) is 13.2 Å². The molecule has 1 aliphatic heterocycles. The first-order chi connectivity index (χ1) is 7.16. The molecule has 0 N–H and O–H groups in total. The zero-order valence-corrected chi connectivity index (χ0v) is 7.68. The Balaban J connectivity index is 2.06. The van der Waals surface area contributed by atoms with Crippen molar-refractivity contribution < 1.29 is 18.8 Å². The van der Waals surface area contributed by atoms with Gasteiger partial charge in [0.05, 0.1) is 11.5 Å². The molecule has 1 saturated heterocycles. The molecule has 1 aromatic rings. The summed E-state index contributed by atoms with van der Waals surface area (Å²) >= 11 is 0. The molecule has 1 aliphatic rings. The van der Waals surface area contributed by atoms with Gasteiger partial charge in [-0.1, -0.05) is 0 Å². The van der Waals surface area contributed by atoms with Crippen molar-refractivity contribution in [2.45, 2.75) is 6.10 Å². The van der Waals surface area contributed by atoms with Crippen LogP contribution in [0.2, 0.25) is 0 Å². The van der Waals surface area contributed by atoms with Crippen molar-refractivity contribution in [3.8, 4) is 5.75 Å². The molecule has 1 aromatic carbocycles. The van der Waals surface area contributed by atoms with Gasteiger partial charge in [-0.25, -0.2) is 0 Å². The lowest BCUT2D eigenvalue weighted by atomic mass is 10.3. The highest BCUT2D eigenvalue weighted by atomic mass is 19.1. The fourth-order valence-corrected chi connectivity index (χ4v) is 1.08. The first kappa shape index (κ1) is 9.85. The molecule has 0 spiro atoms. The maximum Gasteiger partial charge on any atom is 0.305 e. The maximum absolute atomic E-state index is 13.1. The number of rotatable bonds is 4. The van der Waals surface area contributed by atoms with E-state index in [-0.39, 0.29) is 11.9 Å². The predicted molar refractivity (Wildman–Crippen MR) is 48.3 cm³/mol. The van der Waals surface area contributed by atoms with Crippen LogP contribution in [-0.2, 0) is 4.74 Å². The summed E-state index contributed by atoms with van der Waals surface area (Å²) in [5, 5.41) is 10.3. The van der Waals surface area contributed by atoms with Gasteiger partial charge in [-0.15, -0.1) is 0 Å². The van der Waals surface area contributed by atoms with E-state index >= 15 is 0 Å². The Bertz CT molecular complexity index is 392. The van der Waals surface area contributed by atoms with Gasteiger partial charge in [0.1, 0.15) is 18.5 Å². The summed E-state index contributed by atoms with van der Waals surface area (Å²) in [7, 11) is 0. The Morgan fingerprint density at radius 3 is 2.93 bits per heavy atom. The first-order valence-corrected chi connectivity index (χ1v) is 4.35. The van der Waals surface area contributed by atoms with Crippen LogP contribution in [0.1, 0.15) is 0 Å². The Hall–Kier alpha value is -1.69. The van der Waals surface area contributed by atoms with E-state index < -0.39 is 16.4 Å². The molecular weight excluding hydrogens is 205 g/mol. The molecule has 0 aliphatic carbocycles. The van der Waals surface area contributed by atoms with Crippen LogP contribution in [0.4, 0.5) is 10.1 Å². The first-order valence-electron chi connectivity index (χ1n) is 4.35. The van der Waals surface area contributed by atoms with Crippen molar-refractivity contribution in [1.82, 2.24) is 0 Å². The molecule has 0 amide bonds. The summed E-state index contributed by atoms with van der Waals surface area (Å²) in [5.41, 5.74) is -0.551. The summed E-state index contributed by atoms with van der Waals surface area (Å²) < 4.78 is 23.1. The number of hydrogen-bond donors (Lipinski definition) is 0. The number of nitro groups is 1. The fourth-order valence-electron chi connectivity index (χ4n) is 1.08. The highest BCUT2D eigenvalue weighted by Crippen LogP contribution is 2.23. The number of benzene rings is 1. The zero-order valence-electron chi connectivity index (χ0n) is 7.68. The molecule has 0 aromatic heterocycles. The molecule has 1 unspecified atom stereocenters. The fraction of sp³-hybridized carbons (Fsp3) is 0.333. The Labute approximate surface area is 84.6 Å². The van der Waals surface area contributed by atoms with Crippen LogP contribution in [0, 0.1) is 15.9 Å². The average Bonchev–Trinajstić information content (AvgIpc) is 2.97. The molecule has 80 valence electrons. The lowest BCUT2D eigenvalue weighted by molar-refractivity contribution is -0.387. The largest absolute Gasteiger partial charge is 0.491 e. The van der Waals surface area contributed by atoms with E-state index in [0.717, 1.165) is 12.1 Å². The van der Waals surface area contributed by atoms with E-state index in [9.17, 15) is 14.5 Å². The van der Waals surface area contributed by atoms with E-state index in [1.54, 1.807) is 0 Å². The third-order valence-electron chi connectivity index (χ3n) is 1.95. The molecule has 2 rings (SSSR count). The molecule has 0 bridgehead atoms. The van der Waals surface area contributed by atoms with E-state index in [1.807, 2.05) is 0 Å². The van der Waals surface area contributed by atoms with Crippen LogP contribution < -0.4 is 4.74 Å². The van der Waals surface area contributed by atoms with E-state index in [2.05, 4.69) is 0 Å². The number of ether oxygens (including phenoxy) is 2. The molecule has 1 atom stereocenters. The van der Waals surface area contributed by atoms with E-state index in [1.165, 1.54) is 6.07 Å². The summed E-state index contributed by atoms with van der Waals surface area (Å²) in [6.07, 6.45) is 0.0725. The van der Waals surface area contributed by atoms with Gasteiger partial charge < -0.3 is 9.47 Å². The van der Waals surface area contributed by atoms with Crippen molar-refractivity contribution in [2.24, 2.45) is 0 Å². The zero-order chi connectivity index (χ0) is 10.8. The SMILES string of the molecule is O=[N+]([O-])c1ccc(OCC2CO2)cc1F. The molecular formula is C9H8FNO4. The second-order valence-electron chi connectivity index (χ2n) is 3.14. The smallest absolute Gasteiger partial charge is 0.305 e. The monoisotopic (exact) mass is 213 g/mol. The summed E-state index contributed by atoms with van der Waals surface area (Å²) in [6.45, 7) is 0.993. The van der Waals surface area contributed by atoms with Crippen LogP contribution in [0.15, 0.2) is 18.2 Å². The molecule has 5 nitrogen and oxygen atoms in total. The number of hydrogen-bond acceptors (Lipinski definition) is 4. The van der Waals surface area contributed by atoms with Gasteiger partial charge in [-0.05, 0) is 6.07 Å². The number of halogens is 1. The average molecular weight is 213 g/mol. The topological polar surface area (TPSA) is 64.9 Å². The molecule has 0 saturated carbocycles. The van der Waals surface area contributed by atoms with Crippen molar-refractivity contribution in [3.05, 3.63) is 34.1 Å². The van der Waals surface area contributed by atoms with Crippen LogP contribution in [0.25, 0.3) is 0 Å². The number of nitro benzene ring substituents is 1. The highest BCUT2D eigenvalue weighted by molar-refractivity contribution is 5.37. The van der Waals surface area contributed by atoms with Crippen LogP contribution in [0.3, 0.4) is 0 Å². The van der Waals surface area contributed by atoms with Crippen molar-refractivity contribution >= 4 is 5.69 Å². The van der Waals surface area contributed by atoms with Crippen LogP contribution in [0.5, 0.6) is 5.75 Å². The van der Waals surface area contributed by atoms with Crippen molar-refractivity contribution in [3.63, 3.8) is 0 Å². The van der Waals surface area contributed by atoms with Gasteiger partial charge in [-0.3, -0.25) is 10.1 Å². The molecule has 0 radical (unpaired) electrons. The highest BCUT2D eigenvalue weighted by Gasteiger charge is 2.23. The minimum atomic E-state index is -0.894. The lowest BCUT2D eigenvalue weighted by Crippen LogP contribution is -2.04. The van der Waals surface area contributed by atoms with Gasteiger partial charge in [-0.2, -0.15) is 4.39 Å². The van der Waals surface area contributed by atoms with Gasteiger partial charge in [0.25, 0.3) is 0 Å². The van der Waals surface area contributed by atoms with Crippen LogP contribution in [-0.4, -0.2) is 24.2 Å². The van der Waals surface area contributed by atoms with E-state index in [4.69, 9.17) is 9.47 Å². The van der Waals surface area contributed by atoms with Gasteiger partial charge in [0.15, 0.2) is 0 Å². The minimum absolute atomic E-state index is 0.0725. The molecule has 15 heavy (non-hydrogen) atoms. The third kappa shape index (κ3) is 2.41. The summed E-state index contributed by atoms with van der Waals surface area (Å²) in [5.74, 6) is -0.622. The Morgan fingerprint density at radius 1 is 1.67 bits per heavy atom. The second kappa shape index (κ2) is 3.82. The van der Waals surface area contributed by atoms with Gasteiger partial charge in [0, 0.05) is 12.1 Å². The normalized spacial score (nSPS) is 18.6. The van der Waals surface area contributed by atoms with Crippen molar-refractivity contribution in [2.75, 3.05) is 13.2 Å². The molecule has 6 heteroatoms. The third-order valence-corrected chi connectivity index (χ3v) is 1.95. The molecule has 1 heterocycles. The predicted octanol–water partition coefficient (Wildman–Crippen LogP) is 1.51. The summed E-state index contributed by atoms with van der Waals surface area (Å²) in [6, 6.07) is 3.45. The Kier molecular flexibility index (Phi) is 2.51. The van der Waals surface area contributed by atoms with Crippen molar-refractivity contribution in [1.29, 1.82) is 0 Å². The second-order valence-corrected chi connectivity index (χ2v) is 3.14.